The summed E-state index contributed by atoms with van der Waals surface area (Å²) >= 11 is 0. The van der Waals surface area contributed by atoms with Gasteiger partial charge in [0.1, 0.15) is 0 Å². The number of piperidine rings is 2. The number of hydrogen-bond acceptors (Lipinski definition) is 6. The second kappa shape index (κ2) is 7.73. The van der Waals surface area contributed by atoms with Crippen LogP contribution in [0.15, 0.2) is 30.6 Å². The predicted molar refractivity (Wildman–Crippen MR) is 107 cm³/mol. The summed E-state index contributed by atoms with van der Waals surface area (Å²) in [4.78, 5) is 30.6. The largest absolute Gasteiger partial charge is 0.481 e. The van der Waals surface area contributed by atoms with Crippen molar-refractivity contribution in [3.05, 3.63) is 41.9 Å². The Labute approximate surface area is 165 Å². The SMILES string of the molecule is COc1ccc(C(=O)N2CCCC3(CCCN(c4nccc(C)n4)C3)C2)cn1. The van der Waals surface area contributed by atoms with E-state index < -0.39 is 0 Å². The number of ether oxygens (including phenoxy) is 1. The van der Waals surface area contributed by atoms with Gasteiger partial charge in [-0.1, -0.05) is 0 Å². The smallest absolute Gasteiger partial charge is 0.255 e. The third-order valence-electron chi connectivity index (χ3n) is 5.87. The highest BCUT2D eigenvalue weighted by molar-refractivity contribution is 5.94. The number of rotatable bonds is 3. The van der Waals surface area contributed by atoms with Crippen molar-refractivity contribution in [2.24, 2.45) is 5.41 Å². The summed E-state index contributed by atoms with van der Waals surface area (Å²) in [6, 6.07) is 5.46. The van der Waals surface area contributed by atoms with Gasteiger partial charge in [-0.05, 0) is 44.7 Å². The van der Waals surface area contributed by atoms with E-state index in [1.165, 1.54) is 0 Å². The van der Waals surface area contributed by atoms with Gasteiger partial charge in [-0.25, -0.2) is 15.0 Å². The molecule has 0 aliphatic carbocycles. The Bertz CT molecular complexity index is 837. The Morgan fingerprint density at radius 1 is 1.11 bits per heavy atom. The molecule has 2 fully saturated rings. The predicted octanol–water partition coefficient (Wildman–Crippen LogP) is 2.71. The molecular formula is C21H27N5O2. The highest BCUT2D eigenvalue weighted by atomic mass is 16.5. The molecule has 0 aromatic carbocycles. The first-order valence-electron chi connectivity index (χ1n) is 9.93. The lowest BCUT2D eigenvalue weighted by molar-refractivity contribution is 0.0464. The monoisotopic (exact) mass is 381 g/mol. The second-order valence-electron chi connectivity index (χ2n) is 7.94. The molecule has 2 saturated heterocycles. The van der Waals surface area contributed by atoms with Crippen LogP contribution in [0.2, 0.25) is 0 Å². The molecule has 4 rings (SSSR count). The van der Waals surface area contributed by atoms with Crippen LogP contribution in [0.5, 0.6) is 5.88 Å². The molecule has 1 spiro atoms. The standard InChI is InChI=1S/C21H27N5O2/c1-16-7-10-22-20(24-16)26-12-4-9-21(15-26)8-3-11-25(14-21)19(27)17-5-6-18(28-2)23-13-17/h5-7,10,13H,3-4,8-9,11-12,14-15H2,1-2H3. The minimum absolute atomic E-state index is 0.0538. The van der Waals surface area contributed by atoms with Gasteiger partial charge in [-0.15, -0.1) is 0 Å². The molecule has 0 bridgehead atoms. The van der Waals surface area contributed by atoms with Gasteiger partial charge in [0.15, 0.2) is 0 Å². The number of methoxy groups -OCH3 is 1. The van der Waals surface area contributed by atoms with E-state index in [9.17, 15) is 4.79 Å². The molecule has 1 amide bonds. The van der Waals surface area contributed by atoms with Crippen LogP contribution in [0, 0.1) is 12.3 Å². The lowest BCUT2D eigenvalue weighted by atomic mass is 9.73. The third kappa shape index (κ3) is 3.79. The fourth-order valence-electron chi connectivity index (χ4n) is 4.49. The maximum Gasteiger partial charge on any atom is 0.255 e. The molecular weight excluding hydrogens is 354 g/mol. The summed E-state index contributed by atoms with van der Waals surface area (Å²) in [5.74, 6) is 1.38. The molecule has 2 aliphatic heterocycles. The fourth-order valence-corrected chi connectivity index (χ4v) is 4.49. The summed E-state index contributed by atoms with van der Waals surface area (Å²) in [5, 5.41) is 0. The number of pyridine rings is 1. The van der Waals surface area contributed by atoms with Crippen molar-refractivity contribution in [1.29, 1.82) is 0 Å². The van der Waals surface area contributed by atoms with E-state index >= 15 is 0 Å². The van der Waals surface area contributed by atoms with Gasteiger partial charge in [0.25, 0.3) is 5.91 Å². The van der Waals surface area contributed by atoms with Crippen molar-refractivity contribution in [2.45, 2.75) is 32.6 Å². The zero-order chi connectivity index (χ0) is 19.6. The minimum Gasteiger partial charge on any atom is -0.481 e. The van der Waals surface area contributed by atoms with Crippen LogP contribution in [-0.2, 0) is 0 Å². The van der Waals surface area contributed by atoms with E-state index in [4.69, 9.17) is 4.74 Å². The lowest BCUT2D eigenvalue weighted by Crippen LogP contribution is -2.54. The van der Waals surface area contributed by atoms with Gasteiger partial charge in [-0.3, -0.25) is 4.79 Å². The molecule has 28 heavy (non-hydrogen) atoms. The number of likely N-dealkylation sites (tertiary alicyclic amines) is 1. The molecule has 1 atom stereocenters. The first-order valence-corrected chi connectivity index (χ1v) is 9.93. The average Bonchev–Trinajstić information content (AvgIpc) is 2.73. The maximum atomic E-state index is 13.0. The summed E-state index contributed by atoms with van der Waals surface area (Å²) < 4.78 is 5.09. The van der Waals surface area contributed by atoms with Gasteiger partial charge in [-0.2, -0.15) is 0 Å². The first-order chi connectivity index (χ1) is 13.6. The first kappa shape index (κ1) is 18.7. The molecule has 0 N–H and O–H groups in total. The molecule has 1 unspecified atom stereocenters. The van der Waals surface area contributed by atoms with Crippen LogP contribution < -0.4 is 9.64 Å². The van der Waals surface area contributed by atoms with E-state index in [2.05, 4.69) is 19.9 Å². The van der Waals surface area contributed by atoms with Gasteiger partial charge < -0.3 is 14.5 Å². The molecule has 4 heterocycles. The maximum absolute atomic E-state index is 13.0. The number of aromatic nitrogens is 3. The van der Waals surface area contributed by atoms with Gasteiger partial charge in [0.2, 0.25) is 11.8 Å². The van der Waals surface area contributed by atoms with Crippen molar-refractivity contribution in [2.75, 3.05) is 38.2 Å². The van der Waals surface area contributed by atoms with E-state index in [1.807, 2.05) is 24.1 Å². The summed E-state index contributed by atoms with van der Waals surface area (Å²) in [7, 11) is 1.57. The minimum atomic E-state index is 0.0538. The Hall–Kier alpha value is -2.70. The molecule has 7 heteroatoms. The van der Waals surface area contributed by atoms with Crippen LogP contribution in [0.3, 0.4) is 0 Å². The Kier molecular flexibility index (Phi) is 5.15. The number of carbonyl (C=O) groups excluding carboxylic acids is 1. The zero-order valence-corrected chi connectivity index (χ0v) is 16.6. The Balaban J connectivity index is 1.49. The van der Waals surface area contributed by atoms with E-state index in [0.717, 1.165) is 63.5 Å². The Morgan fingerprint density at radius 2 is 1.93 bits per heavy atom. The molecule has 7 nitrogen and oxygen atoms in total. The summed E-state index contributed by atoms with van der Waals surface area (Å²) in [6.07, 6.45) is 7.84. The van der Waals surface area contributed by atoms with E-state index in [0.29, 0.717) is 11.4 Å². The molecule has 0 radical (unpaired) electrons. The van der Waals surface area contributed by atoms with Crippen LogP contribution in [-0.4, -0.2) is 59.0 Å². The Morgan fingerprint density at radius 3 is 2.64 bits per heavy atom. The number of hydrogen-bond donors (Lipinski definition) is 0. The van der Waals surface area contributed by atoms with Crippen molar-refractivity contribution < 1.29 is 9.53 Å². The van der Waals surface area contributed by atoms with E-state index in [-0.39, 0.29) is 11.3 Å². The number of anilines is 1. The van der Waals surface area contributed by atoms with Crippen molar-refractivity contribution >= 4 is 11.9 Å². The highest BCUT2D eigenvalue weighted by Crippen LogP contribution is 2.39. The topological polar surface area (TPSA) is 71.5 Å². The molecule has 2 aromatic heterocycles. The zero-order valence-electron chi connectivity index (χ0n) is 16.6. The molecule has 0 saturated carbocycles. The lowest BCUT2D eigenvalue weighted by Gasteiger charge is -2.48. The van der Waals surface area contributed by atoms with Gasteiger partial charge in [0, 0.05) is 55.7 Å². The van der Waals surface area contributed by atoms with Crippen molar-refractivity contribution in [3.63, 3.8) is 0 Å². The van der Waals surface area contributed by atoms with Crippen LogP contribution in [0.1, 0.15) is 41.7 Å². The third-order valence-corrected chi connectivity index (χ3v) is 5.87. The molecule has 2 aromatic rings. The highest BCUT2D eigenvalue weighted by Gasteiger charge is 2.41. The van der Waals surface area contributed by atoms with Crippen LogP contribution >= 0.6 is 0 Å². The average molecular weight is 381 g/mol. The van der Waals surface area contributed by atoms with Crippen LogP contribution in [0.25, 0.3) is 0 Å². The van der Waals surface area contributed by atoms with Gasteiger partial charge in [0.05, 0.1) is 12.7 Å². The normalized spacial score (nSPS) is 22.4. The number of aryl methyl sites for hydroxylation is 1. The second-order valence-corrected chi connectivity index (χ2v) is 7.94. The number of nitrogens with zero attached hydrogens (tertiary/aromatic N) is 5. The molecule has 2 aliphatic rings. The number of amides is 1. The fraction of sp³-hybridized carbons (Fsp3) is 0.524. The quantitative estimate of drug-likeness (QED) is 0.814. The van der Waals surface area contributed by atoms with Gasteiger partial charge >= 0.3 is 0 Å². The van der Waals surface area contributed by atoms with Crippen molar-refractivity contribution in [1.82, 2.24) is 19.9 Å². The van der Waals surface area contributed by atoms with Crippen molar-refractivity contribution in [3.8, 4) is 5.88 Å². The summed E-state index contributed by atoms with van der Waals surface area (Å²) in [5.41, 5.74) is 1.71. The summed E-state index contributed by atoms with van der Waals surface area (Å²) in [6.45, 7) is 5.45. The van der Waals surface area contributed by atoms with Crippen LogP contribution in [0.4, 0.5) is 5.95 Å². The number of carbonyl (C=O) groups is 1. The molecule has 148 valence electrons. The van der Waals surface area contributed by atoms with E-state index in [1.54, 1.807) is 25.4 Å².